The van der Waals surface area contributed by atoms with Crippen molar-refractivity contribution >= 4 is 18.1 Å². The zero-order valence-corrected chi connectivity index (χ0v) is 17.7. The summed E-state index contributed by atoms with van der Waals surface area (Å²) < 4.78 is 10.5. The molecule has 0 fully saturated rings. The Morgan fingerprint density at radius 3 is 2.36 bits per heavy atom. The summed E-state index contributed by atoms with van der Waals surface area (Å²) in [7, 11) is 1.59. The fourth-order valence-electron chi connectivity index (χ4n) is 2.95. The van der Waals surface area contributed by atoms with Crippen LogP contribution in [0.5, 0.6) is 11.5 Å². The Balaban J connectivity index is 1.40. The highest BCUT2D eigenvalue weighted by atomic mass is 16.5. The van der Waals surface area contributed by atoms with Gasteiger partial charge < -0.3 is 9.47 Å². The molecule has 0 amide bonds. The predicted molar refractivity (Wildman–Crippen MR) is 126 cm³/mol. The largest absolute Gasteiger partial charge is 0.497 e. The van der Waals surface area contributed by atoms with Crippen molar-refractivity contribution in [2.24, 2.45) is 5.10 Å². The molecule has 164 valence electrons. The Bertz CT molecular complexity index is 1320. The molecule has 2 N–H and O–H groups in total. The maximum absolute atomic E-state index is 12.1. The van der Waals surface area contributed by atoms with Gasteiger partial charge in [-0.3, -0.25) is 9.78 Å². The number of rotatable bonds is 7. The quantitative estimate of drug-likeness (QED) is 0.194. The highest BCUT2D eigenvalue weighted by molar-refractivity contribution is 5.91. The Kier molecular flexibility index (Phi) is 6.56. The van der Waals surface area contributed by atoms with E-state index in [2.05, 4.69) is 20.5 Å². The Labute approximate surface area is 189 Å². The van der Waals surface area contributed by atoms with E-state index in [1.165, 1.54) is 6.07 Å². The van der Waals surface area contributed by atoms with Crippen LogP contribution in [0, 0.1) is 0 Å². The van der Waals surface area contributed by atoms with Gasteiger partial charge in [0.25, 0.3) is 5.56 Å². The van der Waals surface area contributed by atoms with E-state index in [0.29, 0.717) is 22.8 Å². The average Bonchev–Trinajstić information content (AvgIpc) is 2.85. The second-order valence-electron chi connectivity index (χ2n) is 6.90. The minimum absolute atomic E-state index is 0.206. The van der Waals surface area contributed by atoms with Crippen LogP contribution in [0.25, 0.3) is 11.3 Å². The highest BCUT2D eigenvalue weighted by Crippen LogP contribution is 2.20. The van der Waals surface area contributed by atoms with Gasteiger partial charge in [-0.15, -0.1) is 0 Å². The molecular weight excluding hydrogens is 420 g/mol. The number of carbonyl (C=O) groups is 1. The van der Waals surface area contributed by atoms with Crippen molar-refractivity contribution in [2.75, 3.05) is 12.5 Å². The molecule has 33 heavy (non-hydrogen) atoms. The summed E-state index contributed by atoms with van der Waals surface area (Å²) >= 11 is 0. The van der Waals surface area contributed by atoms with Gasteiger partial charge in [-0.1, -0.05) is 18.2 Å². The number of carbonyl (C=O) groups excluding carboxylic acids is 1. The van der Waals surface area contributed by atoms with Crippen molar-refractivity contribution in [3.63, 3.8) is 0 Å². The van der Waals surface area contributed by atoms with E-state index < -0.39 is 5.97 Å². The summed E-state index contributed by atoms with van der Waals surface area (Å²) in [6.07, 6.45) is 1.56. The number of benzene rings is 3. The van der Waals surface area contributed by atoms with Gasteiger partial charge in [0.15, 0.2) is 0 Å². The molecule has 0 saturated carbocycles. The molecule has 8 nitrogen and oxygen atoms in total. The molecule has 1 aromatic heterocycles. The number of anilines is 1. The van der Waals surface area contributed by atoms with Crippen LogP contribution in [0.3, 0.4) is 0 Å². The molecule has 1 heterocycles. The second-order valence-corrected chi connectivity index (χ2v) is 6.90. The van der Waals surface area contributed by atoms with Crippen LogP contribution >= 0.6 is 0 Å². The number of nitrogens with one attached hydrogen (secondary N) is 2. The SMILES string of the molecule is COc1ccc(-c2cc(=O)[nH]c(N/N=C\c3ccc(OC(=O)c4ccccc4)cc3)n2)cc1. The molecule has 0 bridgehead atoms. The fraction of sp³-hybridized carbons (Fsp3) is 0.0400. The highest BCUT2D eigenvalue weighted by Gasteiger charge is 2.07. The zero-order chi connectivity index (χ0) is 23.0. The molecule has 3 aromatic carbocycles. The lowest BCUT2D eigenvalue weighted by atomic mass is 10.1. The Hall–Kier alpha value is -4.72. The summed E-state index contributed by atoms with van der Waals surface area (Å²) in [5.41, 5.74) is 4.93. The molecule has 0 aliphatic rings. The summed E-state index contributed by atoms with van der Waals surface area (Å²) in [5.74, 6) is 0.919. The first-order valence-electron chi connectivity index (χ1n) is 10.0. The van der Waals surface area contributed by atoms with Crippen molar-refractivity contribution in [3.8, 4) is 22.8 Å². The number of nitrogens with zero attached hydrogens (tertiary/aromatic N) is 2. The van der Waals surface area contributed by atoms with Gasteiger partial charge in [0.2, 0.25) is 5.95 Å². The third kappa shape index (κ3) is 5.71. The molecular formula is C25H20N4O4. The number of esters is 1. The van der Waals surface area contributed by atoms with Gasteiger partial charge in [-0.25, -0.2) is 15.2 Å². The van der Waals surface area contributed by atoms with Crippen molar-refractivity contribution in [1.29, 1.82) is 0 Å². The number of hydrogen-bond acceptors (Lipinski definition) is 7. The third-order valence-electron chi connectivity index (χ3n) is 4.61. The molecule has 0 aliphatic heterocycles. The minimum atomic E-state index is -0.426. The molecule has 0 spiro atoms. The fourth-order valence-corrected chi connectivity index (χ4v) is 2.95. The molecule has 8 heteroatoms. The number of hydrazone groups is 1. The standard InChI is InChI=1S/C25H20N4O4/c1-32-20-13-9-18(10-14-20)22-15-23(30)28-25(27-22)29-26-16-17-7-11-21(12-8-17)33-24(31)19-5-3-2-4-6-19/h2-16H,1H3,(H2,27,28,29,30)/b26-16-. The minimum Gasteiger partial charge on any atom is -0.497 e. The Morgan fingerprint density at radius 1 is 0.970 bits per heavy atom. The van der Waals surface area contributed by atoms with Crippen molar-refractivity contribution in [2.45, 2.75) is 0 Å². The lowest BCUT2D eigenvalue weighted by Crippen LogP contribution is -2.10. The van der Waals surface area contributed by atoms with E-state index in [1.807, 2.05) is 18.2 Å². The number of aromatic amines is 1. The molecule has 0 radical (unpaired) electrons. The normalized spacial score (nSPS) is 10.7. The second kappa shape index (κ2) is 10.1. The summed E-state index contributed by atoms with van der Waals surface area (Å²) in [6.45, 7) is 0. The molecule has 0 aliphatic carbocycles. The molecule has 0 saturated heterocycles. The van der Waals surface area contributed by atoms with Gasteiger partial charge in [0, 0.05) is 11.6 Å². The van der Waals surface area contributed by atoms with E-state index in [0.717, 1.165) is 11.1 Å². The Morgan fingerprint density at radius 2 is 1.67 bits per heavy atom. The van der Waals surface area contributed by atoms with E-state index in [-0.39, 0.29) is 11.5 Å². The van der Waals surface area contributed by atoms with Crippen LogP contribution < -0.4 is 20.5 Å². The molecule has 4 rings (SSSR count). The lowest BCUT2D eigenvalue weighted by Gasteiger charge is -2.05. The number of aromatic nitrogens is 2. The third-order valence-corrected chi connectivity index (χ3v) is 4.61. The predicted octanol–water partition coefficient (Wildman–Crippen LogP) is 4.11. The number of hydrogen-bond donors (Lipinski definition) is 2. The van der Waals surface area contributed by atoms with Crippen LogP contribution in [0.2, 0.25) is 0 Å². The monoisotopic (exact) mass is 440 g/mol. The van der Waals surface area contributed by atoms with Crippen molar-refractivity contribution in [1.82, 2.24) is 9.97 Å². The smallest absolute Gasteiger partial charge is 0.343 e. The van der Waals surface area contributed by atoms with Crippen LogP contribution in [-0.4, -0.2) is 29.3 Å². The summed E-state index contributed by atoms with van der Waals surface area (Å²) in [5, 5.41) is 4.12. The average molecular weight is 440 g/mol. The van der Waals surface area contributed by atoms with Crippen LogP contribution in [-0.2, 0) is 0 Å². The maximum atomic E-state index is 12.1. The van der Waals surface area contributed by atoms with Gasteiger partial charge in [-0.2, -0.15) is 5.10 Å². The van der Waals surface area contributed by atoms with Crippen molar-refractivity contribution in [3.05, 3.63) is 106 Å². The molecule has 0 atom stereocenters. The molecule has 4 aromatic rings. The van der Waals surface area contributed by atoms with Crippen LogP contribution in [0.4, 0.5) is 5.95 Å². The van der Waals surface area contributed by atoms with Gasteiger partial charge in [0.05, 0.1) is 24.6 Å². The van der Waals surface area contributed by atoms with E-state index in [9.17, 15) is 9.59 Å². The van der Waals surface area contributed by atoms with Crippen LogP contribution in [0.1, 0.15) is 15.9 Å². The topological polar surface area (TPSA) is 106 Å². The van der Waals surface area contributed by atoms with Gasteiger partial charge in [0.1, 0.15) is 11.5 Å². The van der Waals surface area contributed by atoms with Crippen LogP contribution in [0.15, 0.2) is 94.8 Å². The van der Waals surface area contributed by atoms with Gasteiger partial charge >= 0.3 is 5.97 Å². The number of H-pyrrole nitrogens is 1. The van der Waals surface area contributed by atoms with Crippen molar-refractivity contribution < 1.29 is 14.3 Å². The number of ether oxygens (including phenoxy) is 2. The number of methoxy groups -OCH3 is 1. The van der Waals surface area contributed by atoms with E-state index in [1.54, 1.807) is 74.0 Å². The van der Waals surface area contributed by atoms with Gasteiger partial charge in [-0.05, 0) is 66.2 Å². The summed E-state index contributed by atoms with van der Waals surface area (Å²) in [6, 6.07) is 24.3. The summed E-state index contributed by atoms with van der Waals surface area (Å²) in [4.78, 5) is 31.1. The zero-order valence-electron chi connectivity index (χ0n) is 17.7. The first-order chi connectivity index (χ1) is 16.1. The first kappa shape index (κ1) is 21.5. The first-order valence-corrected chi connectivity index (χ1v) is 10.0. The maximum Gasteiger partial charge on any atom is 0.343 e. The van der Waals surface area contributed by atoms with E-state index in [4.69, 9.17) is 9.47 Å². The molecule has 0 unspecified atom stereocenters. The van der Waals surface area contributed by atoms with E-state index >= 15 is 0 Å². The lowest BCUT2D eigenvalue weighted by molar-refractivity contribution is 0.0734.